The molecule has 2 rings (SSSR count). The molecule has 0 fully saturated rings. The van der Waals surface area contributed by atoms with Crippen LogP contribution in [-0.4, -0.2) is 19.9 Å². The van der Waals surface area contributed by atoms with Crippen LogP contribution < -0.4 is 0 Å². The fourth-order valence-corrected chi connectivity index (χ4v) is 1.57. The van der Waals surface area contributed by atoms with Gasteiger partial charge in [-0.15, -0.1) is 5.10 Å². The van der Waals surface area contributed by atoms with Gasteiger partial charge in [0.2, 0.25) is 0 Å². The molecule has 0 radical (unpaired) electrons. The minimum atomic E-state index is -0.593. The molecule has 0 atom stereocenters. The highest BCUT2D eigenvalue weighted by atomic mass is 79.9. The third kappa shape index (κ3) is 2.31. The summed E-state index contributed by atoms with van der Waals surface area (Å²) < 4.78 is 14.3. The lowest BCUT2D eigenvalue weighted by Gasteiger charge is -2.01. The summed E-state index contributed by atoms with van der Waals surface area (Å²) in [6.45, 7) is 0. The van der Waals surface area contributed by atoms with Gasteiger partial charge in [0, 0.05) is 17.5 Å². The lowest BCUT2D eigenvalue weighted by Crippen LogP contribution is -2.01. The van der Waals surface area contributed by atoms with Crippen LogP contribution in [0.5, 0.6) is 0 Å². The van der Waals surface area contributed by atoms with Gasteiger partial charge in [-0.2, -0.15) is 0 Å². The average molecular weight is 301 g/mol. The van der Waals surface area contributed by atoms with E-state index in [0.717, 1.165) is 18.2 Å². The van der Waals surface area contributed by atoms with E-state index in [9.17, 15) is 14.5 Å². The molecule has 0 amide bonds. The lowest BCUT2D eigenvalue weighted by atomic mass is 10.2. The van der Waals surface area contributed by atoms with Crippen LogP contribution in [0.4, 0.5) is 10.1 Å². The Balaban J connectivity index is 2.56. The van der Waals surface area contributed by atoms with Crippen LogP contribution in [-0.2, 0) is 5.33 Å². The number of benzene rings is 1. The van der Waals surface area contributed by atoms with Gasteiger partial charge in [-0.05, 0) is 6.07 Å². The van der Waals surface area contributed by atoms with E-state index in [1.807, 2.05) is 0 Å². The van der Waals surface area contributed by atoms with Crippen molar-refractivity contribution in [3.63, 3.8) is 0 Å². The van der Waals surface area contributed by atoms with Gasteiger partial charge in [-0.3, -0.25) is 10.1 Å². The Hall–Kier alpha value is -1.83. The van der Waals surface area contributed by atoms with Crippen LogP contribution in [0.25, 0.3) is 5.69 Å². The zero-order chi connectivity index (χ0) is 12.4. The van der Waals surface area contributed by atoms with E-state index in [1.165, 1.54) is 10.9 Å². The molecule has 0 aliphatic carbocycles. The van der Waals surface area contributed by atoms with Crippen LogP contribution in [0.15, 0.2) is 24.4 Å². The Bertz CT molecular complexity index is 572. The predicted octanol–water partition coefficient (Wildman–Crippen LogP) is 2.21. The van der Waals surface area contributed by atoms with E-state index in [-0.39, 0.29) is 11.4 Å². The fourth-order valence-electron chi connectivity index (χ4n) is 1.31. The maximum absolute atomic E-state index is 13.1. The Morgan fingerprint density at radius 3 is 2.88 bits per heavy atom. The summed E-state index contributed by atoms with van der Waals surface area (Å²) in [5.74, 6) is -0.568. The highest BCUT2D eigenvalue weighted by Crippen LogP contribution is 2.23. The molecule has 0 bridgehead atoms. The summed E-state index contributed by atoms with van der Waals surface area (Å²) in [6, 6.07) is 3.18. The van der Waals surface area contributed by atoms with Crippen molar-refractivity contribution in [2.24, 2.45) is 0 Å². The summed E-state index contributed by atoms with van der Waals surface area (Å²) in [5.41, 5.74) is 0.427. The van der Waals surface area contributed by atoms with Crippen molar-refractivity contribution in [2.45, 2.75) is 5.33 Å². The van der Waals surface area contributed by atoms with Crippen molar-refractivity contribution in [3.05, 3.63) is 46.0 Å². The topological polar surface area (TPSA) is 73.8 Å². The molecule has 8 heteroatoms. The molecule has 0 unspecified atom stereocenters. The normalized spacial score (nSPS) is 10.5. The van der Waals surface area contributed by atoms with Gasteiger partial charge in [0.05, 0.1) is 16.8 Å². The molecule has 1 aromatic carbocycles. The largest absolute Gasteiger partial charge is 0.295 e. The first-order valence-corrected chi connectivity index (χ1v) is 5.65. The Morgan fingerprint density at radius 1 is 1.53 bits per heavy atom. The van der Waals surface area contributed by atoms with Crippen LogP contribution in [0.2, 0.25) is 0 Å². The van der Waals surface area contributed by atoms with Gasteiger partial charge in [0.15, 0.2) is 0 Å². The molecule has 0 spiro atoms. The first-order chi connectivity index (χ1) is 8.11. The number of rotatable bonds is 3. The first-order valence-electron chi connectivity index (χ1n) is 4.53. The highest BCUT2D eigenvalue weighted by molar-refractivity contribution is 9.08. The van der Waals surface area contributed by atoms with E-state index in [1.54, 1.807) is 0 Å². The van der Waals surface area contributed by atoms with Crippen LogP contribution in [0.1, 0.15) is 5.69 Å². The quantitative estimate of drug-likeness (QED) is 0.495. The Kier molecular flexibility index (Phi) is 3.14. The zero-order valence-electron chi connectivity index (χ0n) is 8.38. The number of halogens is 2. The Labute approximate surface area is 103 Å². The van der Waals surface area contributed by atoms with Crippen molar-refractivity contribution in [2.75, 3.05) is 0 Å². The molecule has 0 aliphatic rings. The molecule has 1 aromatic heterocycles. The average Bonchev–Trinajstić information content (AvgIpc) is 2.76. The maximum Gasteiger partial charge on any atom is 0.295 e. The number of aromatic nitrogens is 3. The third-order valence-electron chi connectivity index (χ3n) is 2.06. The van der Waals surface area contributed by atoms with E-state index >= 15 is 0 Å². The molecule has 17 heavy (non-hydrogen) atoms. The van der Waals surface area contributed by atoms with Gasteiger partial charge >= 0.3 is 0 Å². The van der Waals surface area contributed by atoms with Crippen LogP contribution in [0.3, 0.4) is 0 Å². The zero-order valence-corrected chi connectivity index (χ0v) is 9.96. The maximum atomic E-state index is 13.1. The minimum Gasteiger partial charge on any atom is -0.258 e. The predicted molar refractivity (Wildman–Crippen MR) is 60.6 cm³/mol. The number of nitro benzene ring substituents is 1. The van der Waals surface area contributed by atoms with E-state index in [4.69, 9.17) is 0 Å². The van der Waals surface area contributed by atoms with Crippen LogP contribution >= 0.6 is 15.9 Å². The molecule has 88 valence electrons. The SMILES string of the molecule is O=[N+]([O-])c1ccc(F)cc1-n1cc(CBr)nn1. The van der Waals surface area contributed by atoms with Gasteiger partial charge in [-0.1, -0.05) is 21.1 Å². The molecular formula is C9H6BrFN4O2. The van der Waals surface area contributed by atoms with E-state index in [2.05, 4.69) is 26.2 Å². The number of alkyl halides is 1. The molecular weight excluding hydrogens is 295 g/mol. The van der Waals surface area contributed by atoms with Crippen molar-refractivity contribution in [3.8, 4) is 5.69 Å². The summed E-state index contributed by atoms with van der Waals surface area (Å²) in [5, 5.41) is 18.7. The monoisotopic (exact) mass is 300 g/mol. The summed E-state index contributed by atoms with van der Waals surface area (Å²) in [7, 11) is 0. The van der Waals surface area contributed by atoms with Crippen LogP contribution in [0, 0.1) is 15.9 Å². The summed E-state index contributed by atoms with van der Waals surface area (Å²) in [4.78, 5) is 10.2. The van der Waals surface area contributed by atoms with Crippen molar-refractivity contribution >= 4 is 21.6 Å². The van der Waals surface area contributed by atoms with E-state index in [0.29, 0.717) is 11.0 Å². The molecule has 1 heterocycles. The van der Waals surface area contributed by atoms with Crippen molar-refractivity contribution in [1.29, 1.82) is 0 Å². The van der Waals surface area contributed by atoms with Gasteiger partial charge in [-0.25, -0.2) is 9.07 Å². The van der Waals surface area contributed by atoms with Gasteiger partial charge in [0.1, 0.15) is 11.5 Å². The lowest BCUT2D eigenvalue weighted by molar-refractivity contribution is -0.384. The first kappa shape index (κ1) is 11.6. The van der Waals surface area contributed by atoms with Gasteiger partial charge in [0.25, 0.3) is 5.69 Å². The second kappa shape index (κ2) is 4.58. The summed E-state index contributed by atoms with van der Waals surface area (Å²) in [6.07, 6.45) is 1.50. The minimum absolute atomic E-state index is 0.0506. The number of nitro groups is 1. The molecule has 0 N–H and O–H groups in total. The number of hydrogen-bond acceptors (Lipinski definition) is 4. The van der Waals surface area contributed by atoms with Gasteiger partial charge < -0.3 is 0 Å². The molecule has 0 aliphatic heterocycles. The molecule has 0 saturated heterocycles. The number of hydrogen-bond donors (Lipinski definition) is 0. The third-order valence-corrected chi connectivity index (χ3v) is 2.63. The summed E-state index contributed by atoms with van der Waals surface area (Å²) >= 11 is 3.18. The van der Waals surface area contributed by atoms with Crippen molar-refractivity contribution < 1.29 is 9.31 Å². The Morgan fingerprint density at radius 2 is 2.29 bits per heavy atom. The second-order valence-electron chi connectivity index (χ2n) is 3.18. The molecule has 2 aromatic rings. The second-order valence-corrected chi connectivity index (χ2v) is 3.74. The van der Waals surface area contributed by atoms with E-state index < -0.39 is 10.7 Å². The standard InChI is InChI=1S/C9H6BrFN4O2/c10-4-7-5-14(13-12-7)9-3-6(11)1-2-8(9)15(16)17/h1-3,5H,4H2. The smallest absolute Gasteiger partial charge is 0.258 e. The molecule has 6 nitrogen and oxygen atoms in total. The number of nitrogens with zero attached hydrogens (tertiary/aromatic N) is 4. The van der Waals surface area contributed by atoms with Crippen molar-refractivity contribution in [1.82, 2.24) is 15.0 Å². The molecule has 0 saturated carbocycles. The highest BCUT2D eigenvalue weighted by Gasteiger charge is 2.17. The fraction of sp³-hybridized carbons (Fsp3) is 0.111.